The van der Waals surface area contributed by atoms with Crippen molar-refractivity contribution in [1.82, 2.24) is 0 Å². The highest BCUT2D eigenvalue weighted by Crippen LogP contribution is 2.41. The molecule has 1 amide bonds. The lowest BCUT2D eigenvalue weighted by molar-refractivity contribution is -0.158. The summed E-state index contributed by atoms with van der Waals surface area (Å²) in [6.07, 6.45) is 3.41. The summed E-state index contributed by atoms with van der Waals surface area (Å²) in [5.74, 6) is 0.482. The Labute approximate surface area is 196 Å². The highest BCUT2D eigenvalue weighted by atomic mass is 16.6. The van der Waals surface area contributed by atoms with Gasteiger partial charge in [-0.2, -0.15) is 0 Å². The minimum absolute atomic E-state index is 0.148. The first-order chi connectivity index (χ1) is 15.8. The maximum atomic E-state index is 12.4. The van der Waals surface area contributed by atoms with Gasteiger partial charge in [0.05, 0.1) is 12.5 Å². The molecule has 176 valence electrons. The van der Waals surface area contributed by atoms with Crippen LogP contribution in [0.5, 0.6) is 5.75 Å². The van der Waals surface area contributed by atoms with Gasteiger partial charge in [0.15, 0.2) is 5.60 Å². The minimum Gasteiger partial charge on any atom is -0.476 e. The number of ether oxygens (including phenoxy) is 2. The predicted molar refractivity (Wildman–Crippen MR) is 128 cm³/mol. The summed E-state index contributed by atoms with van der Waals surface area (Å²) in [5, 5.41) is 0. The third-order valence-electron chi connectivity index (χ3n) is 6.67. The first kappa shape index (κ1) is 23.1. The standard InChI is InChI=1S/C27H34N2O4/c1-4-32-26(31)27(2,3)33-23-7-5-6-22(16-23)29-15-14-21(17-29)24(25(28)30)20-12-10-19(11-13-20)18-8-9-18/h5-7,10-13,16,18,21,24H,4,8-9,14-15,17H2,1-3H3,(H2,28,30)/t21-,24-/m0/s1. The molecule has 2 fully saturated rings. The van der Waals surface area contributed by atoms with E-state index in [4.69, 9.17) is 15.2 Å². The van der Waals surface area contributed by atoms with Gasteiger partial charge in [0.25, 0.3) is 0 Å². The van der Waals surface area contributed by atoms with E-state index in [-0.39, 0.29) is 17.7 Å². The van der Waals surface area contributed by atoms with Crippen LogP contribution in [0.1, 0.15) is 63.0 Å². The maximum Gasteiger partial charge on any atom is 0.349 e. The molecule has 0 unspecified atom stereocenters. The fraction of sp³-hybridized carbons (Fsp3) is 0.481. The number of rotatable bonds is 9. The van der Waals surface area contributed by atoms with Crippen LogP contribution < -0.4 is 15.4 Å². The van der Waals surface area contributed by atoms with Gasteiger partial charge in [-0.05, 0) is 75.1 Å². The van der Waals surface area contributed by atoms with E-state index in [0.717, 1.165) is 30.8 Å². The van der Waals surface area contributed by atoms with E-state index in [1.165, 1.54) is 18.4 Å². The summed E-state index contributed by atoms with van der Waals surface area (Å²) in [5.41, 5.74) is 8.16. The largest absolute Gasteiger partial charge is 0.476 e. The lowest BCUT2D eigenvalue weighted by Gasteiger charge is -2.26. The van der Waals surface area contributed by atoms with E-state index >= 15 is 0 Å². The molecule has 33 heavy (non-hydrogen) atoms. The number of hydrogen-bond acceptors (Lipinski definition) is 5. The van der Waals surface area contributed by atoms with Crippen LogP contribution in [0, 0.1) is 5.92 Å². The molecule has 6 nitrogen and oxygen atoms in total. The quantitative estimate of drug-likeness (QED) is 0.574. The molecule has 1 heterocycles. The molecule has 1 saturated carbocycles. The smallest absolute Gasteiger partial charge is 0.349 e. The molecule has 0 aromatic heterocycles. The van der Waals surface area contributed by atoms with Crippen LogP contribution in [0.3, 0.4) is 0 Å². The Morgan fingerprint density at radius 3 is 2.48 bits per heavy atom. The van der Waals surface area contributed by atoms with Gasteiger partial charge in [-0.3, -0.25) is 4.79 Å². The van der Waals surface area contributed by atoms with Gasteiger partial charge in [0.1, 0.15) is 5.75 Å². The second-order valence-corrected chi connectivity index (χ2v) is 9.65. The van der Waals surface area contributed by atoms with E-state index in [1.807, 2.05) is 24.3 Å². The molecule has 2 aromatic rings. The summed E-state index contributed by atoms with van der Waals surface area (Å²) in [6, 6.07) is 16.2. The first-order valence-electron chi connectivity index (χ1n) is 11.9. The van der Waals surface area contributed by atoms with Crippen LogP contribution >= 0.6 is 0 Å². The zero-order valence-corrected chi connectivity index (χ0v) is 19.8. The Kier molecular flexibility index (Phi) is 6.63. The molecule has 2 aliphatic rings. The number of hydrogen-bond donors (Lipinski definition) is 1. The van der Waals surface area contributed by atoms with Crippen molar-refractivity contribution in [1.29, 1.82) is 0 Å². The van der Waals surface area contributed by atoms with E-state index in [0.29, 0.717) is 18.3 Å². The minimum atomic E-state index is -1.08. The number of anilines is 1. The molecule has 0 radical (unpaired) electrons. The SMILES string of the molecule is CCOC(=O)C(C)(C)Oc1cccc(N2CC[C@H]([C@@H](C(N)=O)c3ccc(C4CC4)cc3)C2)c1. The molecule has 0 spiro atoms. The first-order valence-corrected chi connectivity index (χ1v) is 11.9. The van der Waals surface area contributed by atoms with Crippen molar-refractivity contribution in [3.8, 4) is 5.75 Å². The summed E-state index contributed by atoms with van der Waals surface area (Å²) >= 11 is 0. The number of carbonyl (C=O) groups is 2. The summed E-state index contributed by atoms with van der Waals surface area (Å²) < 4.78 is 11.1. The van der Waals surface area contributed by atoms with Gasteiger partial charge in [-0.25, -0.2) is 4.79 Å². The predicted octanol–water partition coefficient (Wildman–Crippen LogP) is 4.38. The number of carbonyl (C=O) groups excluding carboxylic acids is 2. The van der Waals surface area contributed by atoms with Crippen molar-refractivity contribution in [2.75, 3.05) is 24.6 Å². The van der Waals surface area contributed by atoms with Gasteiger partial charge < -0.3 is 20.1 Å². The van der Waals surface area contributed by atoms with E-state index < -0.39 is 11.6 Å². The number of nitrogens with two attached hydrogens (primary N) is 1. The number of primary amides is 1. The van der Waals surface area contributed by atoms with Crippen molar-refractivity contribution in [3.05, 3.63) is 59.7 Å². The highest BCUT2D eigenvalue weighted by Gasteiger charge is 2.35. The zero-order chi connectivity index (χ0) is 23.6. The molecule has 1 saturated heterocycles. The Balaban J connectivity index is 1.45. The normalized spacial score (nSPS) is 19.2. The van der Waals surface area contributed by atoms with Crippen LogP contribution in [-0.2, 0) is 14.3 Å². The van der Waals surface area contributed by atoms with Crippen LogP contribution in [0.4, 0.5) is 5.69 Å². The molecular formula is C27H34N2O4. The molecule has 2 aromatic carbocycles. The van der Waals surface area contributed by atoms with Gasteiger partial charge in [0.2, 0.25) is 5.91 Å². The molecule has 4 rings (SSSR count). The monoisotopic (exact) mass is 450 g/mol. The third-order valence-corrected chi connectivity index (χ3v) is 6.67. The Bertz CT molecular complexity index is 997. The second kappa shape index (κ2) is 9.46. The molecule has 1 aliphatic carbocycles. The molecule has 0 bridgehead atoms. The van der Waals surface area contributed by atoms with Gasteiger partial charge in [-0.15, -0.1) is 0 Å². The van der Waals surface area contributed by atoms with Crippen LogP contribution in [0.2, 0.25) is 0 Å². The Morgan fingerprint density at radius 1 is 1.12 bits per heavy atom. The van der Waals surface area contributed by atoms with Crippen LogP contribution in [0.15, 0.2) is 48.5 Å². The number of benzene rings is 2. The fourth-order valence-electron chi connectivity index (χ4n) is 4.74. The third kappa shape index (κ3) is 5.32. The van der Waals surface area contributed by atoms with Gasteiger partial charge >= 0.3 is 5.97 Å². The topological polar surface area (TPSA) is 81.9 Å². The molecule has 1 aliphatic heterocycles. The van der Waals surface area contributed by atoms with Crippen molar-refractivity contribution < 1.29 is 19.1 Å². The Hall–Kier alpha value is -3.02. The average Bonchev–Trinajstić information content (AvgIpc) is 3.52. The lowest BCUT2D eigenvalue weighted by atomic mass is 9.84. The van der Waals surface area contributed by atoms with Crippen molar-refractivity contribution in [2.45, 2.75) is 57.5 Å². The van der Waals surface area contributed by atoms with Crippen molar-refractivity contribution >= 4 is 17.6 Å². The number of esters is 1. The zero-order valence-electron chi connectivity index (χ0n) is 19.8. The molecule has 2 N–H and O–H groups in total. The van der Waals surface area contributed by atoms with E-state index in [9.17, 15) is 9.59 Å². The number of nitrogens with zero attached hydrogens (tertiary/aromatic N) is 1. The average molecular weight is 451 g/mol. The van der Waals surface area contributed by atoms with E-state index in [1.54, 1.807) is 20.8 Å². The highest BCUT2D eigenvalue weighted by molar-refractivity contribution is 5.82. The van der Waals surface area contributed by atoms with Crippen molar-refractivity contribution in [2.24, 2.45) is 11.7 Å². The molecule has 6 heteroatoms. The maximum absolute atomic E-state index is 12.4. The number of amides is 1. The van der Waals surface area contributed by atoms with Crippen LogP contribution in [-0.4, -0.2) is 37.2 Å². The lowest BCUT2D eigenvalue weighted by Crippen LogP contribution is -2.39. The van der Waals surface area contributed by atoms with Gasteiger partial charge in [0, 0.05) is 24.8 Å². The summed E-state index contributed by atoms with van der Waals surface area (Å²) in [7, 11) is 0. The Morgan fingerprint density at radius 2 is 1.85 bits per heavy atom. The fourth-order valence-corrected chi connectivity index (χ4v) is 4.74. The summed E-state index contributed by atoms with van der Waals surface area (Å²) in [6.45, 7) is 7.07. The summed E-state index contributed by atoms with van der Waals surface area (Å²) in [4.78, 5) is 26.9. The second-order valence-electron chi connectivity index (χ2n) is 9.65. The molecule has 2 atom stereocenters. The molecular weight excluding hydrogens is 416 g/mol. The van der Waals surface area contributed by atoms with Crippen molar-refractivity contribution in [3.63, 3.8) is 0 Å². The van der Waals surface area contributed by atoms with Gasteiger partial charge in [-0.1, -0.05) is 30.3 Å². The van der Waals surface area contributed by atoms with Crippen LogP contribution in [0.25, 0.3) is 0 Å². The van der Waals surface area contributed by atoms with E-state index in [2.05, 4.69) is 29.2 Å².